The highest BCUT2D eigenvalue weighted by Gasteiger charge is 2.19. The van der Waals surface area contributed by atoms with Crippen molar-refractivity contribution < 1.29 is 28.6 Å². The predicted molar refractivity (Wildman–Crippen MR) is 339 cm³/mol. The van der Waals surface area contributed by atoms with Gasteiger partial charge in [-0.15, -0.1) is 0 Å². The van der Waals surface area contributed by atoms with Crippen molar-refractivity contribution in [1.29, 1.82) is 0 Å². The number of rotatable bonds is 62. The van der Waals surface area contributed by atoms with Crippen molar-refractivity contribution in [3.05, 3.63) is 72.9 Å². The maximum absolute atomic E-state index is 12.9. The number of ether oxygens (including phenoxy) is 3. The molecule has 0 N–H and O–H groups in total. The summed E-state index contributed by atoms with van der Waals surface area (Å²) in [6.45, 7) is 6.55. The van der Waals surface area contributed by atoms with Gasteiger partial charge in [0, 0.05) is 19.3 Å². The van der Waals surface area contributed by atoms with Crippen LogP contribution in [0.1, 0.15) is 348 Å². The molecule has 0 aliphatic heterocycles. The number of hydrogen-bond donors (Lipinski definition) is 0. The number of hydrogen-bond acceptors (Lipinski definition) is 6. The Morgan fingerprint density at radius 2 is 0.500 bits per heavy atom. The molecule has 6 nitrogen and oxygen atoms in total. The van der Waals surface area contributed by atoms with Crippen LogP contribution < -0.4 is 0 Å². The molecule has 6 heteroatoms. The summed E-state index contributed by atoms with van der Waals surface area (Å²) in [4.78, 5) is 38.3. The molecule has 0 radical (unpaired) electrons. The van der Waals surface area contributed by atoms with Crippen molar-refractivity contribution in [2.45, 2.75) is 354 Å². The Morgan fingerprint density at radius 1 is 0.269 bits per heavy atom. The van der Waals surface area contributed by atoms with Gasteiger partial charge < -0.3 is 14.2 Å². The first-order valence-corrected chi connectivity index (χ1v) is 33.9. The fraction of sp³-hybridized carbons (Fsp3) is 0.792. The predicted octanol–water partition coefficient (Wildman–Crippen LogP) is 23.3. The molecule has 1 unspecified atom stereocenters. The minimum Gasteiger partial charge on any atom is -0.462 e. The molecular formula is C72H128O6. The molecule has 0 amide bonds. The van der Waals surface area contributed by atoms with E-state index in [0.717, 1.165) is 96.3 Å². The zero-order valence-corrected chi connectivity index (χ0v) is 51.9. The highest BCUT2D eigenvalue weighted by atomic mass is 16.6. The van der Waals surface area contributed by atoms with E-state index in [9.17, 15) is 14.4 Å². The zero-order valence-electron chi connectivity index (χ0n) is 51.9. The summed E-state index contributed by atoms with van der Waals surface area (Å²) in [5.74, 6) is -0.862. The average Bonchev–Trinajstić information content (AvgIpc) is 3.44. The minimum absolute atomic E-state index is 0.0726. The second kappa shape index (κ2) is 66.4. The van der Waals surface area contributed by atoms with Crippen molar-refractivity contribution in [2.24, 2.45) is 0 Å². The molecule has 0 fully saturated rings. The topological polar surface area (TPSA) is 78.9 Å². The van der Waals surface area contributed by atoms with Gasteiger partial charge in [-0.05, 0) is 89.9 Å². The quantitative estimate of drug-likeness (QED) is 0.0261. The number of carbonyl (C=O) groups excluding carboxylic acids is 3. The lowest BCUT2D eigenvalue weighted by Crippen LogP contribution is -2.30. The largest absolute Gasteiger partial charge is 0.462 e. The number of carbonyl (C=O) groups is 3. The summed E-state index contributed by atoms with van der Waals surface area (Å²) in [6, 6.07) is 0. The lowest BCUT2D eigenvalue weighted by molar-refractivity contribution is -0.167. The Bertz CT molecular complexity index is 1440. The Balaban J connectivity index is 4.12. The Hall–Kier alpha value is -3.15. The van der Waals surface area contributed by atoms with Crippen LogP contribution in [-0.2, 0) is 28.6 Å². The van der Waals surface area contributed by atoms with E-state index in [-0.39, 0.29) is 31.1 Å². The standard InChI is InChI=1S/C72H128O6/c1-4-7-10-13-16-19-22-25-27-28-29-30-31-32-33-34-35-36-37-38-39-40-41-42-43-44-46-47-50-53-56-59-62-65-71(74)77-68-69(67-76-70(73)64-61-58-55-52-49-24-21-18-15-12-9-6-3)78-72(75)66-63-60-57-54-51-48-45-26-23-20-17-14-11-8-5-2/h7,10,16,19,25-27,29-30,32-33,45,69H,4-6,8-9,11-15,17-18,20-24,28,31,34-44,46-68H2,1-3H3/b10-7-,19-16-,27-25-,30-29-,33-32-,45-26-. The fourth-order valence-corrected chi connectivity index (χ4v) is 9.88. The third kappa shape index (κ3) is 63.7. The van der Waals surface area contributed by atoms with Gasteiger partial charge in [-0.2, -0.15) is 0 Å². The zero-order chi connectivity index (χ0) is 56.4. The van der Waals surface area contributed by atoms with Crippen molar-refractivity contribution in [3.8, 4) is 0 Å². The van der Waals surface area contributed by atoms with E-state index in [0.29, 0.717) is 19.3 Å². The molecule has 0 aromatic carbocycles. The summed E-state index contributed by atoms with van der Waals surface area (Å²) < 4.78 is 16.9. The Labute approximate surface area is 484 Å². The summed E-state index contributed by atoms with van der Waals surface area (Å²) in [5.41, 5.74) is 0. The average molecular weight is 1090 g/mol. The van der Waals surface area contributed by atoms with E-state index in [1.54, 1.807) is 0 Å². The molecule has 78 heavy (non-hydrogen) atoms. The second-order valence-electron chi connectivity index (χ2n) is 22.7. The van der Waals surface area contributed by atoms with E-state index in [4.69, 9.17) is 14.2 Å². The van der Waals surface area contributed by atoms with E-state index >= 15 is 0 Å². The second-order valence-corrected chi connectivity index (χ2v) is 22.7. The Kier molecular flexibility index (Phi) is 63.7. The molecule has 0 bridgehead atoms. The maximum Gasteiger partial charge on any atom is 0.306 e. The lowest BCUT2D eigenvalue weighted by Gasteiger charge is -2.18. The molecule has 0 saturated heterocycles. The van der Waals surface area contributed by atoms with Crippen LogP contribution >= 0.6 is 0 Å². The molecule has 0 aliphatic carbocycles. The van der Waals surface area contributed by atoms with Crippen LogP contribution in [-0.4, -0.2) is 37.2 Å². The van der Waals surface area contributed by atoms with Crippen molar-refractivity contribution in [1.82, 2.24) is 0 Å². The van der Waals surface area contributed by atoms with E-state index < -0.39 is 6.10 Å². The molecule has 0 aromatic heterocycles. The highest BCUT2D eigenvalue weighted by molar-refractivity contribution is 5.71. The summed E-state index contributed by atoms with van der Waals surface area (Å²) in [5, 5.41) is 0. The van der Waals surface area contributed by atoms with E-state index in [1.807, 2.05) is 0 Å². The van der Waals surface area contributed by atoms with Crippen LogP contribution in [0.2, 0.25) is 0 Å². The van der Waals surface area contributed by atoms with Gasteiger partial charge in [0.05, 0.1) is 0 Å². The van der Waals surface area contributed by atoms with Gasteiger partial charge in [-0.1, -0.05) is 312 Å². The molecule has 0 aromatic rings. The SMILES string of the molecule is CC/C=C\C/C=C\C/C=C\C/C=C\C/C=C\CCCCCCCCCCCCCCCCCCCC(=O)OCC(COC(=O)CCCCCCCCCCCCCC)OC(=O)CCCCCCC/C=C\CCCCCCCC. The van der Waals surface area contributed by atoms with E-state index in [1.165, 1.54) is 212 Å². The smallest absolute Gasteiger partial charge is 0.306 e. The van der Waals surface area contributed by atoms with Gasteiger partial charge in [0.1, 0.15) is 13.2 Å². The fourth-order valence-electron chi connectivity index (χ4n) is 9.88. The summed E-state index contributed by atoms with van der Waals surface area (Å²) in [6.07, 6.45) is 86.4. The third-order valence-electron chi connectivity index (χ3n) is 14.9. The van der Waals surface area contributed by atoms with Crippen LogP contribution in [0.25, 0.3) is 0 Å². The molecule has 1 atom stereocenters. The first-order chi connectivity index (χ1) is 38.5. The molecule has 0 spiro atoms. The molecule has 0 rings (SSSR count). The number of unbranched alkanes of at least 4 members (excludes halogenated alkanes) is 39. The van der Waals surface area contributed by atoms with Crippen molar-refractivity contribution >= 4 is 17.9 Å². The van der Waals surface area contributed by atoms with Gasteiger partial charge in [0.25, 0.3) is 0 Å². The first-order valence-electron chi connectivity index (χ1n) is 33.9. The molecule has 0 saturated carbocycles. The third-order valence-corrected chi connectivity index (χ3v) is 14.9. The first kappa shape index (κ1) is 74.8. The lowest BCUT2D eigenvalue weighted by atomic mass is 10.0. The van der Waals surface area contributed by atoms with Gasteiger partial charge in [0.2, 0.25) is 0 Å². The van der Waals surface area contributed by atoms with Gasteiger partial charge in [-0.3, -0.25) is 14.4 Å². The number of allylic oxidation sites excluding steroid dienone is 12. The van der Waals surface area contributed by atoms with Gasteiger partial charge in [-0.25, -0.2) is 0 Å². The van der Waals surface area contributed by atoms with Crippen LogP contribution in [0.5, 0.6) is 0 Å². The minimum atomic E-state index is -0.776. The maximum atomic E-state index is 12.9. The molecule has 0 heterocycles. The van der Waals surface area contributed by atoms with Crippen molar-refractivity contribution in [3.63, 3.8) is 0 Å². The molecular weight excluding hydrogens is 961 g/mol. The monoisotopic (exact) mass is 1090 g/mol. The van der Waals surface area contributed by atoms with Crippen LogP contribution in [0.15, 0.2) is 72.9 Å². The van der Waals surface area contributed by atoms with Gasteiger partial charge in [0.15, 0.2) is 6.10 Å². The van der Waals surface area contributed by atoms with Gasteiger partial charge >= 0.3 is 17.9 Å². The molecule has 0 aliphatic rings. The van der Waals surface area contributed by atoms with Crippen LogP contribution in [0.4, 0.5) is 0 Å². The highest BCUT2D eigenvalue weighted by Crippen LogP contribution is 2.17. The Morgan fingerprint density at radius 3 is 0.795 bits per heavy atom. The van der Waals surface area contributed by atoms with Crippen molar-refractivity contribution in [2.75, 3.05) is 13.2 Å². The van der Waals surface area contributed by atoms with E-state index in [2.05, 4.69) is 93.7 Å². The van der Waals surface area contributed by atoms with Crippen LogP contribution in [0.3, 0.4) is 0 Å². The van der Waals surface area contributed by atoms with Crippen LogP contribution in [0, 0.1) is 0 Å². The summed E-state index contributed by atoms with van der Waals surface area (Å²) in [7, 11) is 0. The number of esters is 3. The summed E-state index contributed by atoms with van der Waals surface area (Å²) >= 11 is 0. The molecule has 452 valence electrons. The normalized spacial score (nSPS) is 12.5.